The van der Waals surface area contributed by atoms with Crippen LogP contribution in [0.2, 0.25) is 0 Å². The predicted molar refractivity (Wildman–Crippen MR) is 180 cm³/mol. The Morgan fingerprint density at radius 3 is 1.16 bits per heavy atom. The minimum atomic E-state index is 0.167. The van der Waals surface area contributed by atoms with Crippen molar-refractivity contribution in [3.05, 3.63) is 131 Å². The number of hydrogen-bond acceptors (Lipinski definition) is 6. The van der Waals surface area contributed by atoms with Gasteiger partial charge in [-0.3, -0.25) is 0 Å². The minimum absolute atomic E-state index is 0.167. The molecule has 6 nitrogen and oxygen atoms in total. The summed E-state index contributed by atoms with van der Waals surface area (Å²) in [5.74, 6) is 1.72. The first kappa shape index (κ1) is 33.0. The average Bonchev–Trinajstić information content (AvgIpc) is 3.08. The lowest BCUT2D eigenvalue weighted by Crippen LogP contribution is -2.19. The van der Waals surface area contributed by atoms with E-state index in [2.05, 4.69) is 120 Å². The van der Waals surface area contributed by atoms with Gasteiger partial charge < -0.3 is 30.3 Å². The molecule has 4 aromatic carbocycles. The molecule has 0 unspecified atom stereocenters. The van der Waals surface area contributed by atoms with Gasteiger partial charge >= 0.3 is 0 Å². The van der Waals surface area contributed by atoms with Crippen molar-refractivity contribution in [2.75, 3.05) is 52.6 Å². The van der Waals surface area contributed by atoms with Crippen LogP contribution in [0.3, 0.4) is 0 Å². The zero-order valence-corrected chi connectivity index (χ0v) is 25.6. The highest BCUT2D eigenvalue weighted by atomic mass is 16.5. The largest absolute Gasteiger partial charge is 0.494 e. The van der Waals surface area contributed by atoms with E-state index < -0.39 is 0 Å². The van der Waals surface area contributed by atoms with E-state index in [1.807, 2.05) is 0 Å². The predicted octanol–water partition coefficient (Wildman–Crippen LogP) is 6.18. The zero-order valence-electron chi connectivity index (χ0n) is 25.6. The Labute approximate surface area is 262 Å². The van der Waals surface area contributed by atoms with Crippen LogP contribution in [0.4, 0.5) is 0 Å². The summed E-state index contributed by atoms with van der Waals surface area (Å²) in [5.41, 5.74) is 6.83. The van der Waals surface area contributed by atoms with E-state index in [4.69, 9.17) is 19.7 Å². The fourth-order valence-corrected chi connectivity index (χ4v) is 5.05. The molecule has 4 aromatic rings. The van der Waals surface area contributed by atoms with Gasteiger partial charge in [0, 0.05) is 13.1 Å². The number of unbranched alkanes of at least 4 members (excludes halogenated alkanes) is 2. The van der Waals surface area contributed by atoms with Gasteiger partial charge in [0.25, 0.3) is 0 Å². The van der Waals surface area contributed by atoms with Crippen LogP contribution in [0.25, 0.3) is 11.1 Å². The quantitative estimate of drug-likeness (QED) is 0.0723. The topological polar surface area (TPSA) is 83.0 Å². The van der Waals surface area contributed by atoms with Gasteiger partial charge in [0.15, 0.2) is 0 Å². The fourth-order valence-electron chi connectivity index (χ4n) is 5.05. The zero-order chi connectivity index (χ0) is 30.7. The standard InChI is InChI=1S/C38H46N2O4/c41-27-25-39-23-7-9-29-43-35-19-15-33(16-20-35)37(31-11-3-1-4-12-31)38(32-13-5-2-6-14-32)34-17-21-36(22-18-34)44-30-10-8-24-40-26-28-42/h1-6,11-22,39-42H,7-10,23-30H2/b38-37-. The van der Waals surface area contributed by atoms with Crippen molar-refractivity contribution >= 4 is 11.1 Å². The molecule has 0 saturated heterocycles. The lowest BCUT2D eigenvalue weighted by molar-refractivity contribution is 0.286. The summed E-state index contributed by atoms with van der Waals surface area (Å²) in [6.07, 6.45) is 3.92. The van der Waals surface area contributed by atoms with Crippen LogP contribution in [-0.2, 0) is 0 Å². The number of aliphatic hydroxyl groups is 2. The molecule has 0 amide bonds. The molecule has 44 heavy (non-hydrogen) atoms. The van der Waals surface area contributed by atoms with Gasteiger partial charge in [0.05, 0.1) is 26.4 Å². The molecule has 0 bridgehead atoms. The Balaban J connectivity index is 1.56. The van der Waals surface area contributed by atoms with E-state index in [9.17, 15) is 0 Å². The van der Waals surface area contributed by atoms with Crippen molar-refractivity contribution in [3.8, 4) is 11.5 Å². The van der Waals surface area contributed by atoms with Gasteiger partial charge in [-0.1, -0.05) is 84.9 Å². The Hall–Kier alpha value is -3.94. The second kappa shape index (κ2) is 19.4. The molecule has 0 spiro atoms. The van der Waals surface area contributed by atoms with Crippen molar-refractivity contribution in [1.29, 1.82) is 0 Å². The van der Waals surface area contributed by atoms with Gasteiger partial charge in [-0.05, 0) is 96.4 Å². The Morgan fingerprint density at radius 1 is 0.432 bits per heavy atom. The summed E-state index contributed by atoms with van der Waals surface area (Å²) >= 11 is 0. The molecule has 0 fully saturated rings. The summed E-state index contributed by atoms with van der Waals surface area (Å²) < 4.78 is 12.1. The number of nitrogens with one attached hydrogen (secondary N) is 2. The minimum Gasteiger partial charge on any atom is -0.494 e. The average molecular weight is 595 g/mol. The maximum Gasteiger partial charge on any atom is 0.119 e. The molecule has 0 aliphatic carbocycles. The number of hydrogen-bond donors (Lipinski definition) is 4. The molecule has 4 N–H and O–H groups in total. The van der Waals surface area contributed by atoms with Gasteiger partial charge in [-0.2, -0.15) is 0 Å². The lowest BCUT2D eigenvalue weighted by Gasteiger charge is -2.19. The first-order chi connectivity index (χ1) is 21.8. The molecule has 0 heterocycles. The van der Waals surface area contributed by atoms with Crippen LogP contribution in [-0.4, -0.2) is 62.8 Å². The first-order valence-corrected chi connectivity index (χ1v) is 15.7. The van der Waals surface area contributed by atoms with Crippen molar-refractivity contribution in [2.24, 2.45) is 0 Å². The molecular weight excluding hydrogens is 548 g/mol. The summed E-state index contributed by atoms with van der Waals surface area (Å²) in [6.45, 7) is 4.68. The number of ether oxygens (including phenoxy) is 2. The number of benzene rings is 4. The van der Waals surface area contributed by atoms with Crippen molar-refractivity contribution in [3.63, 3.8) is 0 Å². The van der Waals surface area contributed by atoms with Gasteiger partial charge in [-0.25, -0.2) is 0 Å². The maximum atomic E-state index is 8.89. The van der Waals surface area contributed by atoms with Crippen LogP contribution in [0, 0.1) is 0 Å². The molecule has 232 valence electrons. The normalized spacial score (nSPS) is 11.7. The highest BCUT2D eigenvalue weighted by Crippen LogP contribution is 2.37. The Kier molecular flexibility index (Phi) is 14.5. The molecule has 0 aliphatic heterocycles. The van der Waals surface area contributed by atoms with Gasteiger partial charge in [-0.15, -0.1) is 0 Å². The molecule has 6 heteroatoms. The fraction of sp³-hybridized carbons (Fsp3) is 0.316. The van der Waals surface area contributed by atoms with Crippen LogP contribution in [0.5, 0.6) is 11.5 Å². The monoisotopic (exact) mass is 594 g/mol. The second-order valence-corrected chi connectivity index (χ2v) is 10.6. The van der Waals surface area contributed by atoms with Crippen LogP contribution in [0.1, 0.15) is 47.9 Å². The summed E-state index contributed by atoms with van der Waals surface area (Å²) in [7, 11) is 0. The SMILES string of the molecule is OCCNCCCCOc1ccc(/C(=C(/c2ccccc2)c2ccc(OCCCCNCCO)cc2)c2ccccc2)cc1. The van der Waals surface area contributed by atoms with E-state index in [1.54, 1.807) is 0 Å². The molecular formula is C38H46N2O4. The third kappa shape index (κ3) is 10.6. The summed E-state index contributed by atoms with van der Waals surface area (Å²) in [4.78, 5) is 0. The van der Waals surface area contributed by atoms with Crippen LogP contribution in [0.15, 0.2) is 109 Å². The Morgan fingerprint density at radius 2 is 0.795 bits per heavy atom. The van der Waals surface area contributed by atoms with Crippen molar-refractivity contribution in [1.82, 2.24) is 10.6 Å². The van der Waals surface area contributed by atoms with E-state index in [-0.39, 0.29) is 13.2 Å². The Bertz CT molecular complexity index is 1250. The number of rotatable bonds is 20. The molecule has 0 radical (unpaired) electrons. The van der Waals surface area contributed by atoms with Gasteiger partial charge in [0.1, 0.15) is 11.5 Å². The van der Waals surface area contributed by atoms with Crippen LogP contribution >= 0.6 is 0 Å². The van der Waals surface area contributed by atoms with E-state index in [0.717, 1.165) is 83.7 Å². The highest BCUT2D eigenvalue weighted by molar-refractivity contribution is 6.04. The highest BCUT2D eigenvalue weighted by Gasteiger charge is 2.16. The lowest BCUT2D eigenvalue weighted by atomic mass is 9.86. The van der Waals surface area contributed by atoms with Crippen molar-refractivity contribution < 1.29 is 19.7 Å². The van der Waals surface area contributed by atoms with Gasteiger partial charge in [0.2, 0.25) is 0 Å². The summed E-state index contributed by atoms with van der Waals surface area (Å²) in [5, 5.41) is 24.2. The summed E-state index contributed by atoms with van der Waals surface area (Å²) in [6, 6.07) is 37.9. The van der Waals surface area contributed by atoms with E-state index in [1.165, 1.54) is 0 Å². The molecule has 0 aromatic heterocycles. The first-order valence-electron chi connectivity index (χ1n) is 15.7. The number of aliphatic hydroxyl groups excluding tert-OH is 2. The smallest absolute Gasteiger partial charge is 0.119 e. The third-order valence-electron chi connectivity index (χ3n) is 7.27. The van der Waals surface area contributed by atoms with Crippen molar-refractivity contribution in [2.45, 2.75) is 25.7 Å². The third-order valence-corrected chi connectivity index (χ3v) is 7.27. The molecule has 4 rings (SSSR count). The van der Waals surface area contributed by atoms with E-state index >= 15 is 0 Å². The van der Waals surface area contributed by atoms with Crippen LogP contribution < -0.4 is 20.1 Å². The molecule has 0 aliphatic rings. The second-order valence-electron chi connectivity index (χ2n) is 10.6. The maximum absolute atomic E-state index is 8.89. The molecule has 0 atom stereocenters. The van der Waals surface area contributed by atoms with E-state index in [0.29, 0.717) is 26.3 Å². The molecule has 0 saturated carbocycles.